The maximum atomic E-state index is 12.0. The van der Waals surface area contributed by atoms with Gasteiger partial charge in [-0.15, -0.1) is 11.3 Å². The van der Waals surface area contributed by atoms with E-state index in [1.165, 1.54) is 16.9 Å². The second kappa shape index (κ2) is 6.32. The van der Waals surface area contributed by atoms with Crippen molar-refractivity contribution in [2.24, 2.45) is 5.92 Å². The molecule has 1 fully saturated rings. The Bertz CT molecular complexity index is 695. The van der Waals surface area contributed by atoms with Crippen molar-refractivity contribution >= 4 is 28.1 Å². The molecule has 1 saturated heterocycles. The maximum absolute atomic E-state index is 12.0. The summed E-state index contributed by atoms with van der Waals surface area (Å²) in [7, 11) is 0. The molecule has 1 aromatic heterocycles. The molecule has 4 nitrogen and oxygen atoms in total. The molecule has 2 heterocycles. The number of hydrogen-bond donors (Lipinski definition) is 1. The minimum atomic E-state index is -0.597. The molecule has 0 radical (unpaired) electrons. The zero-order valence-electron chi connectivity index (χ0n) is 13.8. The lowest BCUT2D eigenvalue weighted by Crippen LogP contribution is -2.21. The van der Waals surface area contributed by atoms with E-state index in [0.29, 0.717) is 6.42 Å². The van der Waals surface area contributed by atoms with E-state index in [4.69, 9.17) is 4.74 Å². The van der Waals surface area contributed by atoms with Crippen molar-refractivity contribution < 1.29 is 9.53 Å². The van der Waals surface area contributed by atoms with Gasteiger partial charge in [0, 0.05) is 17.5 Å². The Hall–Kier alpha value is -1.88. The van der Waals surface area contributed by atoms with Gasteiger partial charge in [0.15, 0.2) is 10.7 Å². The molecule has 0 saturated carbocycles. The highest BCUT2D eigenvalue weighted by Crippen LogP contribution is 2.42. The van der Waals surface area contributed by atoms with Crippen LogP contribution in [0.3, 0.4) is 0 Å². The van der Waals surface area contributed by atoms with Gasteiger partial charge < -0.3 is 10.1 Å². The predicted octanol–water partition coefficient (Wildman–Crippen LogP) is 4.77. The average Bonchev–Trinajstić information content (AvgIpc) is 3.08. The minimum Gasteiger partial charge on any atom is -0.453 e. The number of anilines is 2. The highest BCUT2D eigenvalue weighted by atomic mass is 32.1. The second-order valence-electron chi connectivity index (χ2n) is 6.37. The Balaban J connectivity index is 1.74. The van der Waals surface area contributed by atoms with E-state index in [1.807, 2.05) is 24.4 Å². The van der Waals surface area contributed by atoms with Crippen molar-refractivity contribution in [3.63, 3.8) is 0 Å². The first-order valence-electron chi connectivity index (χ1n) is 8.03. The Morgan fingerprint density at radius 2 is 2.13 bits per heavy atom. The molecule has 2 atom stereocenters. The minimum absolute atomic E-state index is 0.000192. The van der Waals surface area contributed by atoms with Gasteiger partial charge in [-0.3, -0.25) is 4.79 Å². The van der Waals surface area contributed by atoms with E-state index in [2.05, 4.69) is 36.3 Å². The number of ether oxygens (including phenoxy) is 1. The Labute approximate surface area is 140 Å². The van der Waals surface area contributed by atoms with Crippen molar-refractivity contribution in [1.82, 2.24) is 4.98 Å². The molecule has 5 heteroatoms. The summed E-state index contributed by atoms with van der Waals surface area (Å²) in [5.74, 6) is -0.0874. The Kier molecular flexibility index (Phi) is 4.39. The quantitative estimate of drug-likeness (QED) is 0.802. The number of benzene rings is 1. The number of aromatic nitrogens is 1. The molecule has 1 aliphatic heterocycles. The van der Waals surface area contributed by atoms with Gasteiger partial charge in [-0.05, 0) is 32.4 Å². The van der Waals surface area contributed by atoms with Gasteiger partial charge in [-0.1, -0.05) is 31.0 Å². The Morgan fingerprint density at radius 1 is 1.39 bits per heavy atom. The summed E-state index contributed by atoms with van der Waals surface area (Å²) in [6, 6.07) is 8.19. The van der Waals surface area contributed by atoms with E-state index < -0.39 is 5.60 Å². The van der Waals surface area contributed by atoms with Crippen LogP contribution in [-0.4, -0.2) is 11.0 Å². The monoisotopic (exact) mass is 330 g/mol. The zero-order chi connectivity index (χ0) is 16.4. The van der Waals surface area contributed by atoms with Crippen LogP contribution in [0.4, 0.5) is 10.8 Å². The van der Waals surface area contributed by atoms with Crippen LogP contribution in [0.25, 0.3) is 0 Å². The zero-order valence-corrected chi connectivity index (χ0v) is 14.6. The third-order valence-corrected chi connectivity index (χ3v) is 5.04. The summed E-state index contributed by atoms with van der Waals surface area (Å²) in [4.78, 5) is 16.7. The van der Waals surface area contributed by atoms with E-state index in [1.54, 1.807) is 0 Å². The van der Waals surface area contributed by atoms with Gasteiger partial charge in [-0.25, -0.2) is 4.98 Å². The number of aryl methyl sites for hydroxylation is 1. The molecule has 0 spiro atoms. The van der Waals surface area contributed by atoms with Crippen molar-refractivity contribution in [3.05, 3.63) is 40.9 Å². The van der Waals surface area contributed by atoms with Gasteiger partial charge in [0.25, 0.3) is 0 Å². The highest BCUT2D eigenvalue weighted by Gasteiger charge is 2.45. The number of nitrogens with one attached hydrogen (secondary N) is 1. The van der Waals surface area contributed by atoms with Crippen LogP contribution in [0.15, 0.2) is 29.6 Å². The maximum Gasteiger partial charge on any atom is 0.310 e. The standard InChI is InChI=1S/C18H22N2O2S/c1-4-5-13-10-18(3,22-16(13)21)15-11-23-17(20-15)19-14-8-6-12(2)7-9-14/h6-9,11,13H,4-5,10H2,1-3H3,(H,19,20). The third-order valence-electron chi connectivity index (χ3n) is 4.28. The molecule has 0 bridgehead atoms. The lowest BCUT2D eigenvalue weighted by atomic mass is 9.91. The summed E-state index contributed by atoms with van der Waals surface area (Å²) in [5.41, 5.74) is 2.47. The van der Waals surface area contributed by atoms with Crippen LogP contribution >= 0.6 is 11.3 Å². The summed E-state index contributed by atoms with van der Waals surface area (Å²) in [5, 5.41) is 6.11. The van der Waals surface area contributed by atoms with Crippen molar-refractivity contribution in [2.45, 2.75) is 45.6 Å². The van der Waals surface area contributed by atoms with Crippen LogP contribution in [0.5, 0.6) is 0 Å². The first-order valence-corrected chi connectivity index (χ1v) is 8.90. The average molecular weight is 330 g/mol. The van der Waals surface area contributed by atoms with E-state index in [9.17, 15) is 4.79 Å². The number of esters is 1. The summed E-state index contributed by atoms with van der Waals surface area (Å²) in [6.07, 6.45) is 2.59. The number of nitrogens with zero attached hydrogens (tertiary/aromatic N) is 1. The molecule has 3 rings (SSSR count). The lowest BCUT2D eigenvalue weighted by Gasteiger charge is -2.19. The van der Waals surface area contributed by atoms with Crippen LogP contribution in [0, 0.1) is 12.8 Å². The molecular weight excluding hydrogens is 308 g/mol. The molecule has 122 valence electrons. The molecule has 1 aliphatic rings. The fourth-order valence-corrected chi connectivity index (χ4v) is 3.81. The molecular formula is C18H22N2O2S. The molecule has 2 unspecified atom stereocenters. The normalized spacial score (nSPS) is 23.8. The Morgan fingerprint density at radius 3 is 2.83 bits per heavy atom. The number of cyclic esters (lactones) is 1. The van der Waals surface area contributed by atoms with Crippen LogP contribution in [0.1, 0.15) is 44.4 Å². The van der Waals surface area contributed by atoms with Gasteiger partial charge in [0.05, 0.1) is 11.6 Å². The summed E-state index contributed by atoms with van der Waals surface area (Å²) >= 11 is 1.54. The van der Waals surface area contributed by atoms with Crippen molar-refractivity contribution in [3.8, 4) is 0 Å². The summed E-state index contributed by atoms with van der Waals surface area (Å²) < 4.78 is 5.66. The number of rotatable bonds is 5. The van der Waals surface area contributed by atoms with Gasteiger partial charge in [-0.2, -0.15) is 0 Å². The molecule has 0 aliphatic carbocycles. The second-order valence-corrected chi connectivity index (χ2v) is 7.23. The van der Waals surface area contributed by atoms with Gasteiger partial charge >= 0.3 is 5.97 Å². The molecule has 1 N–H and O–H groups in total. The highest BCUT2D eigenvalue weighted by molar-refractivity contribution is 7.13. The van der Waals surface area contributed by atoms with Crippen LogP contribution < -0.4 is 5.32 Å². The fourth-order valence-electron chi connectivity index (χ4n) is 2.96. The number of carbonyl (C=O) groups is 1. The first-order chi connectivity index (χ1) is 11.0. The fraction of sp³-hybridized carbons (Fsp3) is 0.444. The molecule has 0 amide bonds. The largest absolute Gasteiger partial charge is 0.453 e. The van der Waals surface area contributed by atoms with Crippen LogP contribution in [-0.2, 0) is 15.1 Å². The SMILES string of the molecule is CCCC1CC(C)(c2csc(Nc3ccc(C)cc3)n2)OC1=O. The predicted molar refractivity (Wildman–Crippen MR) is 93.0 cm³/mol. The topological polar surface area (TPSA) is 51.2 Å². The molecule has 2 aromatic rings. The smallest absolute Gasteiger partial charge is 0.310 e. The van der Waals surface area contributed by atoms with Crippen LogP contribution in [0.2, 0.25) is 0 Å². The van der Waals surface area contributed by atoms with E-state index in [-0.39, 0.29) is 11.9 Å². The van der Waals surface area contributed by atoms with E-state index >= 15 is 0 Å². The molecule has 23 heavy (non-hydrogen) atoms. The number of hydrogen-bond acceptors (Lipinski definition) is 5. The summed E-state index contributed by atoms with van der Waals surface area (Å²) in [6.45, 7) is 6.12. The first kappa shape index (κ1) is 16.0. The van der Waals surface area contributed by atoms with Gasteiger partial charge in [0.2, 0.25) is 0 Å². The molecule has 1 aromatic carbocycles. The number of thiazole rings is 1. The van der Waals surface area contributed by atoms with Gasteiger partial charge in [0.1, 0.15) is 0 Å². The lowest BCUT2D eigenvalue weighted by molar-refractivity contribution is -0.150. The van der Waals surface area contributed by atoms with E-state index in [0.717, 1.165) is 29.4 Å². The van der Waals surface area contributed by atoms with Crippen molar-refractivity contribution in [2.75, 3.05) is 5.32 Å². The van der Waals surface area contributed by atoms with Crippen molar-refractivity contribution in [1.29, 1.82) is 0 Å². The number of carbonyl (C=O) groups excluding carboxylic acids is 1. The third kappa shape index (κ3) is 3.39.